The van der Waals surface area contributed by atoms with Crippen LogP contribution in [0.5, 0.6) is 0 Å². The fourth-order valence-electron chi connectivity index (χ4n) is 3.89. The Morgan fingerprint density at radius 2 is 0.727 bits per heavy atom. The van der Waals surface area contributed by atoms with Crippen LogP contribution in [0.2, 0.25) is 0 Å². The van der Waals surface area contributed by atoms with E-state index in [-0.39, 0.29) is 47.5 Å². The summed E-state index contributed by atoms with van der Waals surface area (Å²) >= 11 is 0. The van der Waals surface area contributed by atoms with E-state index in [9.17, 15) is 19.2 Å². The number of carbonyl (C=O) groups is 4. The van der Waals surface area contributed by atoms with Crippen LogP contribution in [0.15, 0.2) is 0 Å². The Kier molecular flexibility index (Phi) is 4.27. The molecule has 120 valence electrons. The van der Waals surface area contributed by atoms with E-state index in [1.807, 2.05) is 0 Å². The lowest BCUT2D eigenvalue weighted by Gasteiger charge is -2.18. The molecule has 4 atom stereocenters. The van der Waals surface area contributed by atoms with E-state index in [0.717, 1.165) is 51.4 Å². The summed E-state index contributed by atoms with van der Waals surface area (Å²) in [5, 5.41) is 0. The van der Waals surface area contributed by atoms with Crippen molar-refractivity contribution in [3.63, 3.8) is 0 Å². The first-order chi connectivity index (χ1) is 10.6. The van der Waals surface area contributed by atoms with Gasteiger partial charge in [0, 0.05) is 0 Å². The lowest BCUT2D eigenvalue weighted by atomic mass is 9.81. The maximum atomic E-state index is 11.0. The van der Waals surface area contributed by atoms with Crippen LogP contribution < -0.4 is 0 Å². The lowest BCUT2D eigenvalue weighted by molar-refractivity contribution is -0.155. The van der Waals surface area contributed by atoms with Gasteiger partial charge < -0.3 is 9.47 Å². The monoisotopic (exact) mass is 308 g/mol. The van der Waals surface area contributed by atoms with E-state index < -0.39 is 0 Å². The molecule has 4 rings (SSSR count). The second-order valence-corrected chi connectivity index (χ2v) is 6.48. The highest BCUT2D eigenvalue weighted by atomic mass is 16.6. The highest BCUT2D eigenvalue weighted by Gasteiger charge is 2.45. The largest absolute Gasteiger partial charge is 0.393 e. The topological polar surface area (TPSA) is 86.7 Å². The van der Waals surface area contributed by atoms with E-state index in [4.69, 9.17) is 0 Å². The quantitative estimate of drug-likeness (QED) is 0.500. The molecule has 2 aliphatic heterocycles. The van der Waals surface area contributed by atoms with Gasteiger partial charge in [0.25, 0.3) is 0 Å². The summed E-state index contributed by atoms with van der Waals surface area (Å²) in [7, 11) is 0. The van der Waals surface area contributed by atoms with Crippen molar-refractivity contribution in [3.8, 4) is 0 Å². The minimum Gasteiger partial charge on any atom is -0.393 e. The van der Waals surface area contributed by atoms with Gasteiger partial charge in [-0.3, -0.25) is 19.2 Å². The minimum atomic E-state index is -0.292. The zero-order valence-electron chi connectivity index (χ0n) is 12.4. The van der Waals surface area contributed by atoms with Crippen molar-refractivity contribution in [2.24, 2.45) is 23.7 Å². The van der Waals surface area contributed by atoms with Crippen LogP contribution in [0, 0.1) is 23.7 Å². The SMILES string of the molecule is O=C1OC(=O)[C@@H]2CCCC[C@@H]12.O=C1OC(=O)[C@H]2CCCC[C@H]12. The standard InChI is InChI=1S/2C8H10O3/c2*9-7-5-3-1-2-4-6(5)8(10)11-7/h2*5-6H,1-4H2/t2*5-,6-/m10/s1. The van der Waals surface area contributed by atoms with Gasteiger partial charge in [0.05, 0.1) is 23.7 Å². The van der Waals surface area contributed by atoms with Crippen LogP contribution >= 0.6 is 0 Å². The van der Waals surface area contributed by atoms with Crippen LogP contribution in [-0.2, 0) is 28.7 Å². The maximum absolute atomic E-state index is 11.0. The van der Waals surface area contributed by atoms with Gasteiger partial charge in [-0.1, -0.05) is 25.7 Å². The predicted molar refractivity (Wildman–Crippen MR) is 73.1 cm³/mol. The molecule has 6 heteroatoms. The Bertz CT molecular complexity index is 421. The highest BCUT2D eigenvalue weighted by Crippen LogP contribution is 2.37. The molecule has 22 heavy (non-hydrogen) atoms. The van der Waals surface area contributed by atoms with E-state index in [0.29, 0.717) is 0 Å². The number of ether oxygens (including phenoxy) is 2. The summed E-state index contributed by atoms with van der Waals surface area (Å²) in [6.45, 7) is 0. The second kappa shape index (κ2) is 6.18. The molecule has 2 saturated heterocycles. The fourth-order valence-corrected chi connectivity index (χ4v) is 3.89. The molecule has 0 aromatic carbocycles. The summed E-state index contributed by atoms with van der Waals surface area (Å²) in [6.07, 6.45) is 7.61. The number of hydrogen-bond acceptors (Lipinski definition) is 6. The molecule has 0 radical (unpaired) electrons. The summed E-state index contributed by atoms with van der Waals surface area (Å²) in [5.74, 6) is -1.57. The van der Waals surface area contributed by atoms with Gasteiger partial charge in [-0.2, -0.15) is 0 Å². The smallest absolute Gasteiger partial charge is 0.317 e. The maximum Gasteiger partial charge on any atom is 0.317 e. The Morgan fingerprint density at radius 1 is 0.500 bits per heavy atom. The molecule has 4 fully saturated rings. The summed E-state index contributed by atoms with van der Waals surface area (Å²) in [5.41, 5.74) is 0. The average molecular weight is 308 g/mol. The van der Waals surface area contributed by atoms with E-state index in [2.05, 4.69) is 9.47 Å². The minimum absolute atomic E-state index is 0.101. The number of carbonyl (C=O) groups excluding carboxylic acids is 4. The van der Waals surface area contributed by atoms with Crippen molar-refractivity contribution in [2.45, 2.75) is 51.4 Å². The number of rotatable bonds is 0. The van der Waals surface area contributed by atoms with Crippen molar-refractivity contribution >= 4 is 23.9 Å². The van der Waals surface area contributed by atoms with Crippen LogP contribution in [0.25, 0.3) is 0 Å². The van der Waals surface area contributed by atoms with Crippen molar-refractivity contribution in [1.82, 2.24) is 0 Å². The second-order valence-electron chi connectivity index (χ2n) is 6.48. The molecule has 0 bridgehead atoms. The summed E-state index contributed by atoms with van der Waals surface area (Å²) in [4.78, 5) is 43.9. The number of esters is 4. The van der Waals surface area contributed by atoms with Gasteiger partial charge in [0.15, 0.2) is 0 Å². The summed E-state index contributed by atoms with van der Waals surface area (Å²) in [6, 6.07) is 0. The van der Waals surface area contributed by atoms with Crippen LogP contribution in [0.4, 0.5) is 0 Å². The van der Waals surface area contributed by atoms with E-state index in [1.54, 1.807) is 0 Å². The van der Waals surface area contributed by atoms with E-state index >= 15 is 0 Å². The Balaban J connectivity index is 0.000000131. The third-order valence-corrected chi connectivity index (χ3v) is 5.15. The van der Waals surface area contributed by atoms with Gasteiger partial charge in [-0.25, -0.2) is 0 Å². The molecule has 0 spiro atoms. The average Bonchev–Trinajstić information content (AvgIpc) is 2.99. The molecule has 6 nitrogen and oxygen atoms in total. The van der Waals surface area contributed by atoms with Crippen molar-refractivity contribution < 1.29 is 28.7 Å². The number of hydrogen-bond donors (Lipinski definition) is 0. The Hall–Kier alpha value is -1.72. The zero-order valence-corrected chi connectivity index (χ0v) is 12.4. The van der Waals surface area contributed by atoms with Crippen molar-refractivity contribution in [1.29, 1.82) is 0 Å². The normalized spacial score (nSPS) is 36.7. The van der Waals surface area contributed by atoms with Crippen molar-refractivity contribution in [2.75, 3.05) is 0 Å². The fraction of sp³-hybridized carbons (Fsp3) is 0.750. The van der Waals surface area contributed by atoms with E-state index in [1.165, 1.54) is 0 Å². The Morgan fingerprint density at radius 3 is 0.955 bits per heavy atom. The molecule has 0 N–H and O–H groups in total. The highest BCUT2D eigenvalue weighted by molar-refractivity contribution is 5.97. The first kappa shape index (κ1) is 15.2. The molecule has 2 aliphatic carbocycles. The van der Waals surface area contributed by atoms with Gasteiger partial charge in [-0.15, -0.1) is 0 Å². The Labute approximate surface area is 128 Å². The molecule has 0 unspecified atom stereocenters. The predicted octanol–water partition coefficient (Wildman–Crippen LogP) is 1.75. The van der Waals surface area contributed by atoms with Gasteiger partial charge in [0.2, 0.25) is 0 Å². The first-order valence-corrected chi connectivity index (χ1v) is 8.09. The number of cyclic esters (lactones) is 4. The zero-order chi connectivity index (χ0) is 15.7. The van der Waals surface area contributed by atoms with Gasteiger partial charge in [0.1, 0.15) is 0 Å². The van der Waals surface area contributed by atoms with Crippen LogP contribution in [0.1, 0.15) is 51.4 Å². The van der Waals surface area contributed by atoms with Gasteiger partial charge in [-0.05, 0) is 25.7 Å². The van der Waals surface area contributed by atoms with Gasteiger partial charge >= 0.3 is 23.9 Å². The van der Waals surface area contributed by atoms with Crippen LogP contribution in [0.3, 0.4) is 0 Å². The van der Waals surface area contributed by atoms with Crippen molar-refractivity contribution in [3.05, 3.63) is 0 Å². The lowest BCUT2D eigenvalue weighted by Crippen LogP contribution is -2.21. The molecule has 2 saturated carbocycles. The third kappa shape index (κ3) is 2.78. The summed E-state index contributed by atoms with van der Waals surface area (Å²) < 4.78 is 9.06. The number of fused-ring (bicyclic) bond motifs is 2. The molecule has 0 amide bonds. The molecule has 0 aromatic rings. The third-order valence-electron chi connectivity index (χ3n) is 5.15. The molecular formula is C16H20O6. The van der Waals surface area contributed by atoms with Crippen LogP contribution in [-0.4, -0.2) is 23.9 Å². The molecule has 4 aliphatic rings. The first-order valence-electron chi connectivity index (χ1n) is 8.09. The molecular weight excluding hydrogens is 288 g/mol. The molecule has 0 aromatic heterocycles. The molecule has 2 heterocycles.